The van der Waals surface area contributed by atoms with E-state index in [1.165, 1.54) is 11.1 Å². The summed E-state index contributed by atoms with van der Waals surface area (Å²) in [5, 5.41) is 11.6. The summed E-state index contributed by atoms with van der Waals surface area (Å²) >= 11 is 6.40. The van der Waals surface area contributed by atoms with Crippen LogP contribution in [0, 0.1) is 11.8 Å². The van der Waals surface area contributed by atoms with Crippen molar-refractivity contribution < 1.29 is 18.8 Å². The number of rotatable bonds is 1. The number of carbonyl (C=O) groups is 1. The number of ether oxygens (including phenoxy) is 1. The van der Waals surface area contributed by atoms with Gasteiger partial charge in [0.15, 0.2) is 0 Å². The van der Waals surface area contributed by atoms with Crippen molar-refractivity contribution in [2.45, 2.75) is 75.1 Å². The van der Waals surface area contributed by atoms with Crippen molar-refractivity contribution in [3.8, 4) is 5.75 Å². The maximum absolute atomic E-state index is 13.6. The van der Waals surface area contributed by atoms with Gasteiger partial charge in [-0.25, -0.2) is 4.21 Å². The zero-order valence-corrected chi connectivity index (χ0v) is 25.4. The molecule has 220 valence electrons. The number of hydrogen-bond acceptors (Lipinski definition) is 5. The number of benzene rings is 2. The molecule has 0 radical (unpaired) electrons. The van der Waals surface area contributed by atoms with Gasteiger partial charge in [0.25, 0.3) is 5.91 Å². The first-order chi connectivity index (χ1) is 19.7. The maximum Gasteiger partial charge on any atom is 0.262 e. The summed E-state index contributed by atoms with van der Waals surface area (Å²) in [6, 6.07) is 11.8. The van der Waals surface area contributed by atoms with E-state index in [4.69, 9.17) is 16.3 Å². The van der Waals surface area contributed by atoms with Gasteiger partial charge in [0.1, 0.15) is 5.75 Å². The van der Waals surface area contributed by atoms with Gasteiger partial charge < -0.3 is 14.7 Å². The monoisotopic (exact) mass is 596 g/mol. The molecule has 2 N–H and O–H groups in total. The quantitative estimate of drug-likeness (QED) is 0.327. The molecule has 2 aliphatic carbocycles. The van der Waals surface area contributed by atoms with Gasteiger partial charge in [0.2, 0.25) is 0 Å². The van der Waals surface area contributed by atoms with E-state index in [0.29, 0.717) is 37.4 Å². The first kappa shape index (κ1) is 28.6. The van der Waals surface area contributed by atoms with Crippen LogP contribution in [-0.4, -0.2) is 52.1 Å². The number of hydrogen-bond donors (Lipinski definition) is 2. The number of amides is 1. The number of anilines is 1. The third-order valence-electron chi connectivity index (χ3n) is 9.92. The topological polar surface area (TPSA) is 78.9 Å². The first-order valence-corrected chi connectivity index (χ1v) is 17.2. The van der Waals surface area contributed by atoms with Crippen molar-refractivity contribution >= 4 is 38.8 Å². The average molecular weight is 597 g/mol. The fraction of sp³-hybridized carbons (Fsp3) is 0.515. The number of carbonyl (C=O) groups excluding carboxylic acids is 1. The summed E-state index contributed by atoms with van der Waals surface area (Å²) in [5.41, 5.74) is 3.69. The molecule has 2 bridgehead atoms. The molecule has 41 heavy (non-hydrogen) atoms. The van der Waals surface area contributed by atoms with E-state index in [0.717, 1.165) is 61.7 Å². The number of aryl methyl sites for hydroxylation is 1. The van der Waals surface area contributed by atoms with Gasteiger partial charge in [-0.1, -0.05) is 36.7 Å². The van der Waals surface area contributed by atoms with Gasteiger partial charge >= 0.3 is 0 Å². The van der Waals surface area contributed by atoms with Crippen LogP contribution in [-0.2, 0) is 21.5 Å². The number of nitrogens with one attached hydrogen (secondary N) is 1. The van der Waals surface area contributed by atoms with Crippen molar-refractivity contribution in [1.82, 2.24) is 4.72 Å². The Morgan fingerprint density at radius 1 is 1.22 bits per heavy atom. The molecule has 1 fully saturated rings. The van der Waals surface area contributed by atoms with E-state index >= 15 is 0 Å². The predicted molar refractivity (Wildman–Crippen MR) is 168 cm³/mol. The Labute approximate surface area is 249 Å². The van der Waals surface area contributed by atoms with E-state index < -0.39 is 15.8 Å². The van der Waals surface area contributed by atoms with Crippen molar-refractivity contribution in [3.05, 3.63) is 70.3 Å². The lowest BCUT2D eigenvalue weighted by Crippen LogP contribution is -2.49. The van der Waals surface area contributed by atoms with E-state index in [1.807, 2.05) is 37.3 Å². The van der Waals surface area contributed by atoms with E-state index in [-0.39, 0.29) is 22.5 Å². The second kappa shape index (κ2) is 11.3. The first-order valence-electron chi connectivity index (χ1n) is 15.0. The lowest BCUT2D eigenvalue weighted by atomic mass is 9.68. The minimum Gasteiger partial charge on any atom is -0.490 e. The molecule has 1 unspecified atom stereocenters. The van der Waals surface area contributed by atoms with E-state index in [1.54, 1.807) is 6.07 Å². The molecule has 0 aromatic heterocycles. The molecule has 2 aromatic carbocycles. The molecule has 1 saturated carbocycles. The molecule has 2 heterocycles. The van der Waals surface area contributed by atoms with E-state index in [2.05, 4.69) is 27.6 Å². The highest BCUT2D eigenvalue weighted by Gasteiger charge is 2.44. The van der Waals surface area contributed by atoms with Crippen LogP contribution in [0.4, 0.5) is 5.69 Å². The zero-order chi connectivity index (χ0) is 28.8. The molecule has 6 rings (SSSR count). The molecule has 1 spiro atoms. The Hall–Kier alpha value is -2.48. The van der Waals surface area contributed by atoms with Crippen molar-refractivity contribution in [3.63, 3.8) is 0 Å². The van der Waals surface area contributed by atoms with Crippen molar-refractivity contribution in [1.29, 1.82) is 0 Å². The summed E-state index contributed by atoms with van der Waals surface area (Å²) in [5.74, 6) is 4.85. The number of aliphatic hydroxyl groups is 1. The molecule has 8 heteroatoms. The Morgan fingerprint density at radius 3 is 2.85 bits per heavy atom. The van der Waals surface area contributed by atoms with Crippen LogP contribution in [0.25, 0.3) is 0 Å². The van der Waals surface area contributed by atoms with Gasteiger partial charge in [0.05, 0.1) is 28.1 Å². The lowest BCUT2D eigenvalue weighted by molar-refractivity contribution is 0.0456. The fourth-order valence-electron chi connectivity index (χ4n) is 7.43. The van der Waals surface area contributed by atoms with Gasteiger partial charge in [-0.2, -0.15) is 0 Å². The minimum absolute atomic E-state index is 0.186. The van der Waals surface area contributed by atoms with Crippen molar-refractivity contribution in [2.24, 2.45) is 11.8 Å². The third kappa shape index (κ3) is 5.53. The van der Waals surface area contributed by atoms with Gasteiger partial charge in [-0.05, 0) is 111 Å². The average Bonchev–Trinajstić information content (AvgIpc) is 3.07. The minimum atomic E-state index is -2.87. The molecular formula is C33H41ClN2O4S. The largest absolute Gasteiger partial charge is 0.490 e. The number of aliphatic hydroxyl groups excluding tert-OH is 1. The summed E-state index contributed by atoms with van der Waals surface area (Å²) in [6.07, 6.45) is 10.5. The Kier molecular flexibility index (Phi) is 7.90. The molecule has 6 nitrogen and oxygen atoms in total. The highest BCUT2D eigenvalue weighted by atomic mass is 35.5. The molecule has 2 aliphatic heterocycles. The molecular weight excluding hydrogens is 556 g/mol. The normalized spacial score (nSPS) is 34.3. The summed E-state index contributed by atoms with van der Waals surface area (Å²) in [7, 11) is -2.87. The van der Waals surface area contributed by atoms with Crippen LogP contribution in [0.2, 0.25) is 5.02 Å². The second-order valence-electron chi connectivity index (χ2n) is 12.5. The Bertz CT molecular complexity index is 1460. The van der Waals surface area contributed by atoms with Crippen LogP contribution < -0.4 is 14.4 Å². The highest BCUT2D eigenvalue weighted by molar-refractivity contribution is 7.99. The summed E-state index contributed by atoms with van der Waals surface area (Å²) in [6.45, 7) is 4.04. The molecule has 2 aromatic rings. The zero-order valence-electron chi connectivity index (χ0n) is 23.8. The van der Waals surface area contributed by atoms with Crippen LogP contribution >= 0.6 is 11.6 Å². The lowest BCUT2D eigenvalue weighted by Gasteiger charge is -2.45. The number of allylic oxidation sites excluding steroid dienone is 1. The van der Waals surface area contributed by atoms with E-state index in [9.17, 15) is 14.1 Å². The van der Waals surface area contributed by atoms with Crippen LogP contribution in [0.3, 0.4) is 0 Å². The van der Waals surface area contributed by atoms with Crippen molar-refractivity contribution in [2.75, 3.05) is 24.6 Å². The van der Waals surface area contributed by atoms with Gasteiger partial charge in [-0.3, -0.25) is 9.52 Å². The SMILES string of the molecule is C=S1(=O)NC(=O)c2ccc3c(c2)N(C[C@@H]2CC[C@H]2[C@@H](O)/C=C/CC[C@@H]1CC)C[C@@]1(CCCc2cc(Cl)ccc21)CO3. The number of nitrogens with zero attached hydrogens (tertiary/aromatic N) is 1. The second-order valence-corrected chi connectivity index (χ2v) is 15.2. The van der Waals surface area contributed by atoms with Gasteiger partial charge in [-0.15, -0.1) is 0 Å². The molecule has 4 aliphatic rings. The standard InChI is InChI=1S/C33H41ClN2O4S/c1-3-26-8-4-5-9-30(37)27-13-10-24(27)19-36-20-33(16-6-7-22-17-25(34)12-14-28(22)33)21-40-31-15-11-23(18-29(31)36)32(38)35-41(26,2)39/h5,9,11-12,14-15,17-18,24,26-27,30,37H,2-4,6-8,10,13,16,19-21H2,1H3,(H,35,38,39)/b9-5+/t24-,26-,27+,30-,33-,41?/m0/s1. The highest BCUT2D eigenvalue weighted by Crippen LogP contribution is 2.46. The summed E-state index contributed by atoms with van der Waals surface area (Å²) < 4.78 is 22.9. The molecule has 0 saturated heterocycles. The Balaban J connectivity index is 1.42. The maximum atomic E-state index is 13.6. The fourth-order valence-corrected chi connectivity index (χ4v) is 9.28. The predicted octanol–water partition coefficient (Wildman–Crippen LogP) is 5.69. The number of fused-ring (bicyclic) bond motifs is 4. The van der Waals surface area contributed by atoms with Crippen LogP contribution in [0.5, 0.6) is 5.75 Å². The van der Waals surface area contributed by atoms with Gasteiger partial charge in [0, 0.05) is 34.3 Å². The molecule has 6 atom stereocenters. The smallest absolute Gasteiger partial charge is 0.262 e. The Morgan fingerprint density at radius 2 is 2.07 bits per heavy atom. The number of halogens is 1. The van der Waals surface area contributed by atoms with Crippen LogP contribution in [0.15, 0.2) is 48.6 Å². The third-order valence-corrected chi connectivity index (χ3v) is 12.3. The summed E-state index contributed by atoms with van der Waals surface area (Å²) in [4.78, 5) is 15.9. The molecule has 1 amide bonds. The van der Waals surface area contributed by atoms with Crippen LogP contribution in [0.1, 0.15) is 73.4 Å².